The molecule has 1 N–H and O–H groups in total. The highest BCUT2D eigenvalue weighted by Crippen LogP contribution is 2.53. The second-order valence-electron chi connectivity index (χ2n) is 9.12. The topological polar surface area (TPSA) is 68.7 Å². The first-order valence-electron chi connectivity index (χ1n) is 12.0. The number of ether oxygens (including phenoxy) is 2. The Balaban J connectivity index is 1.32. The Morgan fingerprint density at radius 1 is 1.14 bits per heavy atom. The SMILES string of the molecule is O=C(O)CCCSc1ccc(Cl)c(COC2(c3cnccc3-c3ccccc3OC3CC3)CC2)c1. The van der Waals surface area contributed by atoms with Gasteiger partial charge in [0.15, 0.2) is 0 Å². The number of nitrogens with zero attached hydrogens (tertiary/aromatic N) is 1. The summed E-state index contributed by atoms with van der Waals surface area (Å²) in [4.78, 5) is 16.2. The number of hydrogen-bond acceptors (Lipinski definition) is 5. The lowest BCUT2D eigenvalue weighted by molar-refractivity contribution is -0.137. The molecule has 35 heavy (non-hydrogen) atoms. The van der Waals surface area contributed by atoms with E-state index in [1.807, 2.05) is 48.8 Å². The van der Waals surface area contributed by atoms with Crippen molar-refractivity contribution < 1.29 is 19.4 Å². The molecule has 2 aliphatic rings. The van der Waals surface area contributed by atoms with Gasteiger partial charge in [0, 0.05) is 39.9 Å². The number of aromatic nitrogens is 1. The third-order valence-corrected chi connectivity index (χ3v) is 7.78. The van der Waals surface area contributed by atoms with Crippen molar-refractivity contribution in [3.8, 4) is 16.9 Å². The maximum Gasteiger partial charge on any atom is 0.303 e. The monoisotopic (exact) mass is 509 g/mol. The molecule has 1 aromatic heterocycles. The van der Waals surface area contributed by atoms with E-state index >= 15 is 0 Å². The summed E-state index contributed by atoms with van der Waals surface area (Å²) < 4.78 is 12.7. The van der Waals surface area contributed by atoms with Gasteiger partial charge in [0.05, 0.1) is 18.3 Å². The number of rotatable bonds is 12. The molecule has 5 nitrogen and oxygen atoms in total. The molecular weight excluding hydrogens is 482 g/mol. The molecule has 0 spiro atoms. The van der Waals surface area contributed by atoms with E-state index in [4.69, 9.17) is 26.2 Å². The normalized spacial score (nSPS) is 16.1. The van der Waals surface area contributed by atoms with Gasteiger partial charge in [0.1, 0.15) is 5.75 Å². The second kappa shape index (κ2) is 10.6. The first-order valence-corrected chi connectivity index (χ1v) is 13.4. The van der Waals surface area contributed by atoms with E-state index in [-0.39, 0.29) is 12.0 Å². The molecule has 0 atom stereocenters. The fourth-order valence-electron chi connectivity index (χ4n) is 4.14. The standard InChI is InChI=1S/C28H28ClNO4S/c29-25-10-9-21(35-15-3-6-27(31)32)16-19(25)18-33-28(12-13-28)24-17-30-14-11-22(24)23-4-1-2-5-26(23)34-20-7-8-20/h1-2,4-5,9-11,14,16-17,20H,3,6-8,12-13,15,18H2,(H,31,32). The first kappa shape index (κ1) is 24.2. The van der Waals surface area contributed by atoms with Crippen LogP contribution in [0, 0.1) is 0 Å². The van der Waals surface area contributed by atoms with Crippen LogP contribution in [-0.4, -0.2) is 27.9 Å². The second-order valence-corrected chi connectivity index (χ2v) is 10.7. The fourth-order valence-corrected chi connectivity index (χ4v) is 5.22. The van der Waals surface area contributed by atoms with Crippen LogP contribution in [0.25, 0.3) is 11.1 Å². The predicted molar refractivity (Wildman–Crippen MR) is 138 cm³/mol. The Labute approximate surface area is 214 Å². The van der Waals surface area contributed by atoms with Gasteiger partial charge in [-0.05, 0) is 79.3 Å². The molecule has 182 valence electrons. The molecule has 0 bridgehead atoms. The molecule has 1 heterocycles. The van der Waals surface area contributed by atoms with Crippen molar-refractivity contribution in [2.24, 2.45) is 0 Å². The number of pyridine rings is 1. The minimum absolute atomic E-state index is 0.182. The quantitative estimate of drug-likeness (QED) is 0.207. The van der Waals surface area contributed by atoms with Gasteiger partial charge in [0.2, 0.25) is 0 Å². The predicted octanol–water partition coefficient (Wildman–Crippen LogP) is 7.11. The first-order chi connectivity index (χ1) is 17.0. The summed E-state index contributed by atoms with van der Waals surface area (Å²) in [5.41, 5.74) is 3.81. The maximum atomic E-state index is 10.7. The number of para-hydroxylation sites is 1. The summed E-state index contributed by atoms with van der Waals surface area (Å²) in [7, 11) is 0. The van der Waals surface area contributed by atoms with Crippen LogP contribution in [-0.2, 0) is 21.7 Å². The van der Waals surface area contributed by atoms with Crippen molar-refractivity contribution in [1.29, 1.82) is 0 Å². The van der Waals surface area contributed by atoms with E-state index in [1.165, 1.54) is 0 Å². The van der Waals surface area contributed by atoms with Crippen LogP contribution in [0.3, 0.4) is 0 Å². The number of carbonyl (C=O) groups is 1. The van der Waals surface area contributed by atoms with E-state index in [2.05, 4.69) is 17.1 Å². The van der Waals surface area contributed by atoms with Crippen LogP contribution < -0.4 is 4.74 Å². The third kappa shape index (κ3) is 6.00. The van der Waals surface area contributed by atoms with Crippen molar-refractivity contribution in [3.63, 3.8) is 0 Å². The highest BCUT2D eigenvalue weighted by molar-refractivity contribution is 7.99. The maximum absolute atomic E-state index is 10.7. The van der Waals surface area contributed by atoms with Crippen molar-refractivity contribution in [3.05, 3.63) is 77.1 Å². The zero-order valence-corrected chi connectivity index (χ0v) is 21.0. The highest BCUT2D eigenvalue weighted by Gasteiger charge is 2.47. The molecule has 7 heteroatoms. The largest absolute Gasteiger partial charge is 0.490 e. The summed E-state index contributed by atoms with van der Waals surface area (Å²) in [6.07, 6.45) is 8.97. The number of hydrogen-bond donors (Lipinski definition) is 1. The Bertz CT molecular complexity index is 1210. The van der Waals surface area contributed by atoms with Gasteiger partial charge in [-0.1, -0.05) is 29.8 Å². The summed E-state index contributed by atoms with van der Waals surface area (Å²) in [5, 5.41) is 9.50. The molecule has 3 aromatic rings. The van der Waals surface area contributed by atoms with Crippen LogP contribution in [0.15, 0.2) is 65.8 Å². The smallest absolute Gasteiger partial charge is 0.303 e. The summed E-state index contributed by atoms with van der Waals surface area (Å²) >= 11 is 8.14. The Morgan fingerprint density at radius 3 is 2.74 bits per heavy atom. The Hall–Kier alpha value is -2.54. The van der Waals surface area contributed by atoms with Crippen LogP contribution >= 0.6 is 23.4 Å². The van der Waals surface area contributed by atoms with Crippen molar-refractivity contribution in [1.82, 2.24) is 4.98 Å². The minimum Gasteiger partial charge on any atom is -0.490 e. The molecule has 2 aliphatic carbocycles. The summed E-state index contributed by atoms with van der Waals surface area (Å²) in [6.45, 7) is 0.400. The number of carboxylic acids is 1. The fraction of sp³-hybridized carbons (Fsp3) is 0.357. The van der Waals surface area contributed by atoms with E-state index in [9.17, 15) is 4.79 Å². The van der Waals surface area contributed by atoms with Gasteiger partial charge in [-0.15, -0.1) is 11.8 Å². The van der Waals surface area contributed by atoms with E-state index in [0.29, 0.717) is 24.2 Å². The van der Waals surface area contributed by atoms with Gasteiger partial charge < -0.3 is 14.6 Å². The van der Waals surface area contributed by atoms with Crippen molar-refractivity contribution in [2.75, 3.05) is 5.75 Å². The van der Waals surface area contributed by atoms with Crippen molar-refractivity contribution in [2.45, 2.75) is 61.7 Å². The van der Waals surface area contributed by atoms with Gasteiger partial charge in [-0.2, -0.15) is 0 Å². The molecule has 0 aliphatic heterocycles. The van der Waals surface area contributed by atoms with E-state index < -0.39 is 5.97 Å². The molecule has 0 unspecified atom stereocenters. The lowest BCUT2D eigenvalue weighted by Crippen LogP contribution is -2.14. The number of halogens is 1. The van der Waals surface area contributed by atoms with Crippen LogP contribution in [0.1, 0.15) is 49.7 Å². The molecule has 0 radical (unpaired) electrons. The molecular formula is C28H28ClNO4S. The number of thioether (sulfide) groups is 1. The van der Waals surface area contributed by atoms with Crippen LogP contribution in [0.5, 0.6) is 5.75 Å². The van der Waals surface area contributed by atoms with E-state index in [0.717, 1.165) is 64.3 Å². The molecule has 0 amide bonds. The molecule has 2 fully saturated rings. The van der Waals surface area contributed by atoms with Crippen LogP contribution in [0.2, 0.25) is 5.02 Å². The Morgan fingerprint density at radius 2 is 1.97 bits per heavy atom. The molecule has 2 saturated carbocycles. The van der Waals surface area contributed by atoms with E-state index in [1.54, 1.807) is 11.8 Å². The Kier molecular flexibility index (Phi) is 7.32. The number of benzene rings is 2. The molecule has 5 rings (SSSR count). The zero-order valence-electron chi connectivity index (χ0n) is 19.4. The van der Waals surface area contributed by atoms with Gasteiger partial charge in [-0.3, -0.25) is 9.78 Å². The summed E-state index contributed by atoms with van der Waals surface area (Å²) in [5.74, 6) is 0.899. The summed E-state index contributed by atoms with van der Waals surface area (Å²) in [6, 6.07) is 16.2. The van der Waals surface area contributed by atoms with Gasteiger partial charge in [0.25, 0.3) is 0 Å². The third-order valence-electron chi connectivity index (χ3n) is 6.34. The van der Waals surface area contributed by atoms with Crippen LogP contribution in [0.4, 0.5) is 0 Å². The average molecular weight is 510 g/mol. The number of aliphatic carboxylic acids is 1. The lowest BCUT2D eigenvalue weighted by Gasteiger charge is -2.22. The lowest BCUT2D eigenvalue weighted by atomic mass is 9.96. The molecule has 2 aromatic carbocycles. The van der Waals surface area contributed by atoms with Gasteiger partial charge in [-0.25, -0.2) is 0 Å². The average Bonchev–Trinajstić information content (AvgIpc) is 3.79. The highest BCUT2D eigenvalue weighted by atomic mass is 35.5. The minimum atomic E-state index is -0.762. The number of carboxylic acid groups (broad SMARTS) is 1. The zero-order chi connectivity index (χ0) is 24.3. The van der Waals surface area contributed by atoms with Gasteiger partial charge >= 0.3 is 5.97 Å². The van der Waals surface area contributed by atoms with Crippen molar-refractivity contribution >= 4 is 29.3 Å². The molecule has 0 saturated heterocycles.